The number of halogens is 1. The second-order valence-corrected chi connectivity index (χ2v) is 8.28. The van der Waals surface area contributed by atoms with E-state index in [2.05, 4.69) is 27.5 Å². The van der Waals surface area contributed by atoms with E-state index >= 15 is 0 Å². The van der Waals surface area contributed by atoms with Crippen molar-refractivity contribution < 1.29 is 4.79 Å². The highest BCUT2D eigenvalue weighted by Gasteiger charge is 2.17. The minimum absolute atomic E-state index is 0.338. The summed E-state index contributed by atoms with van der Waals surface area (Å²) in [7, 11) is 0. The summed E-state index contributed by atoms with van der Waals surface area (Å²) in [6, 6.07) is 14.3. The number of nitrogens with two attached hydrogens (primary N) is 1. The Hall–Kier alpha value is -3.16. The summed E-state index contributed by atoms with van der Waals surface area (Å²) in [5.41, 5.74) is 9.56. The molecule has 6 nitrogen and oxygen atoms in total. The normalized spacial score (nSPS) is 10.9. The van der Waals surface area contributed by atoms with Crippen LogP contribution in [0.4, 0.5) is 22.0 Å². The van der Waals surface area contributed by atoms with Crippen molar-refractivity contribution in [1.29, 1.82) is 0 Å². The first-order valence-electron chi connectivity index (χ1n) is 9.51. The molecular weight excluding hydrogens is 418 g/mol. The van der Waals surface area contributed by atoms with Crippen LogP contribution < -0.4 is 16.4 Å². The molecule has 30 heavy (non-hydrogen) atoms. The molecule has 0 aliphatic rings. The Morgan fingerprint density at radius 1 is 1.10 bits per heavy atom. The van der Waals surface area contributed by atoms with Crippen LogP contribution in [0.15, 0.2) is 54.9 Å². The number of carbonyl (C=O) groups excluding carboxylic acids is 1. The van der Waals surface area contributed by atoms with Gasteiger partial charge in [0.05, 0.1) is 5.39 Å². The number of hydrogen-bond donors (Lipinski definition) is 3. The average Bonchev–Trinajstić information content (AvgIpc) is 3.08. The monoisotopic (exact) mass is 437 g/mol. The zero-order chi connectivity index (χ0) is 21.1. The maximum atomic E-state index is 12.3. The van der Waals surface area contributed by atoms with E-state index in [1.807, 2.05) is 24.3 Å². The number of thiophene rings is 1. The van der Waals surface area contributed by atoms with Crippen LogP contribution in [0.2, 0.25) is 5.02 Å². The summed E-state index contributed by atoms with van der Waals surface area (Å²) >= 11 is 7.61. The van der Waals surface area contributed by atoms with Gasteiger partial charge in [-0.1, -0.05) is 43.1 Å². The van der Waals surface area contributed by atoms with Crippen molar-refractivity contribution >= 4 is 56.4 Å². The molecule has 0 unspecified atom stereocenters. The number of anilines is 3. The molecule has 4 aromatic rings. The molecule has 2 aromatic heterocycles. The molecule has 152 valence electrons. The minimum Gasteiger partial charge on any atom is -0.383 e. The summed E-state index contributed by atoms with van der Waals surface area (Å²) in [6.07, 6.45) is 3.47. The molecule has 0 fully saturated rings. The largest absolute Gasteiger partial charge is 0.383 e. The highest BCUT2D eigenvalue weighted by Crippen LogP contribution is 2.40. The molecule has 0 aliphatic carbocycles. The van der Waals surface area contributed by atoms with Crippen molar-refractivity contribution in [2.75, 3.05) is 16.4 Å². The predicted molar refractivity (Wildman–Crippen MR) is 125 cm³/mol. The number of nitrogen functional groups attached to an aromatic ring is 1. The number of rotatable bonds is 5. The molecule has 0 saturated carbocycles. The van der Waals surface area contributed by atoms with E-state index in [1.165, 1.54) is 11.2 Å². The van der Waals surface area contributed by atoms with Crippen LogP contribution in [0.25, 0.3) is 21.3 Å². The summed E-state index contributed by atoms with van der Waals surface area (Å²) in [6.45, 7) is 2.15. The van der Waals surface area contributed by atoms with Gasteiger partial charge in [-0.15, -0.1) is 11.3 Å². The highest BCUT2D eigenvalue weighted by atomic mass is 35.5. The van der Waals surface area contributed by atoms with Gasteiger partial charge in [-0.2, -0.15) is 0 Å². The molecule has 0 aliphatic heterocycles. The molecule has 4 N–H and O–H groups in total. The van der Waals surface area contributed by atoms with Crippen molar-refractivity contribution in [1.82, 2.24) is 9.97 Å². The number of nitrogens with one attached hydrogen (secondary N) is 2. The Morgan fingerprint density at radius 2 is 1.87 bits per heavy atom. The third kappa shape index (κ3) is 4.22. The van der Waals surface area contributed by atoms with Crippen molar-refractivity contribution in [3.8, 4) is 11.1 Å². The molecule has 4 rings (SSSR count). The van der Waals surface area contributed by atoms with E-state index in [0.717, 1.165) is 34.2 Å². The fraction of sp³-hybridized carbons (Fsp3) is 0.136. The average molecular weight is 438 g/mol. The lowest BCUT2D eigenvalue weighted by Gasteiger charge is -2.10. The van der Waals surface area contributed by atoms with Crippen LogP contribution in [0.3, 0.4) is 0 Å². The minimum atomic E-state index is -0.338. The Balaban J connectivity index is 1.58. The van der Waals surface area contributed by atoms with Crippen LogP contribution in [0.5, 0.6) is 0 Å². The number of carbonyl (C=O) groups is 1. The van der Waals surface area contributed by atoms with Gasteiger partial charge in [-0.25, -0.2) is 14.8 Å². The van der Waals surface area contributed by atoms with Crippen LogP contribution in [-0.4, -0.2) is 16.0 Å². The highest BCUT2D eigenvalue weighted by molar-refractivity contribution is 7.19. The second kappa shape index (κ2) is 8.69. The van der Waals surface area contributed by atoms with Crippen LogP contribution in [-0.2, 0) is 6.42 Å². The second-order valence-electron chi connectivity index (χ2n) is 6.76. The summed E-state index contributed by atoms with van der Waals surface area (Å²) in [4.78, 5) is 23.0. The van der Waals surface area contributed by atoms with Gasteiger partial charge >= 0.3 is 6.03 Å². The molecule has 0 bridgehead atoms. The molecule has 0 saturated heterocycles. The number of nitrogens with zero attached hydrogens (tertiary/aromatic N) is 2. The number of aromatic nitrogens is 2. The lowest BCUT2D eigenvalue weighted by atomic mass is 10.0. The van der Waals surface area contributed by atoms with Gasteiger partial charge in [-0.05, 0) is 42.3 Å². The number of aryl methyl sites for hydroxylation is 1. The van der Waals surface area contributed by atoms with Gasteiger partial charge in [0, 0.05) is 26.8 Å². The molecule has 2 heterocycles. The Kier molecular flexibility index (Phi) is 5.83. The Bertz CT molecular complexity index is 1210. The maximum absolute atomic E-state index is 12.3. The van der Waals surface area contributed by atoms with Crippen molar-refractivity contribution in [3.05, 3.63) is 64.8 Å². The fourth-order valence-corrected chi connectivity index (χ4v) is 4.75. The standard InChI is InChI=1S/C22H20ClN5OS/c1-2-4-17-18(19-20(24)25-12-26-21(19)30-17)13-7-9-15(10-8-13)27-22(29)28-16-6-3-5-14(23)11-16/h3,5-12H,2,4H2,1H3,(H2,24,25,26)(H2,27,28,29). The van der Waals surface area contributed by atoms with E-state index in [0.29, 0.717) is 22.2 Å². The number of fused-ring (bicyclic) bond motifs is 1. The zero-order valence-electron chi connectivity index (χ0n) is 16.3. The molecule has 8 heteroatoms. The summed E-state index contributed by atoms with van der Waals surface area (Å²) in [5, 5.41) is 7.05. The first kappa shape index (κ1) is 20.1. The lowest BCUT2D eigenvalue weighted by Crippen LogP contribution is -2.19. The predicted octanol–water partition coefficient (Wildman–Crippen LogP) is 6.19. The number of urea groups is 1. The van der Waals surface area contributed by atoms with Crippen LogP contribution >= 0.6 is 22.9 Å². The Morgan fingerprint density at radius 3 is 2.60 bits per heavy atom. The van der Waals surface area contributed by atoms with Crippen LogP contribution in [0, 0.1) is 0 Å². The molecule has 0 atom stereocenters. The number of hydrogen-bond acceptors (Lipinski definition) is 5. The SMILES string of the molecule is CCCc1sc2ncnc(N)c2c1-c1ccc(NC(=O)Nc2cccc(Cl)c2)cc1. The quantitative estimate of drug-likeness (QED) is 0.347. The first-order chi connectivity index (χ1) is 14.5. The summed E-state index contributed by atoms with van der Waals surface area (Å²) < 4.78 is 0. The van der Waals surface area contributed by atoms with E-state index in [1.54, 1.807) is 35.6 Å². The number of amides is 2. The van der Waals surface area contributed by atoms with Gasteiger partial charge in [-0.3, -0.25) is 0 Å². The van der Waals surface area contributed by atoms with E-state index in [9.17, 15) is 4.79 Å². The van der Waals surface area contributed by atoms with Gasteiger partial charge in [0.1, 0.15) is 17.0 Å². The van der Waals surface area contributed by atoms with E-state index in [-0.39, 0.29) is 6.03 Å². The third-order valence-electron chi connectivity index (χ3n) is 4.58. The van der Waals surface area contributed by atoms with Crippen molar-refractivity contribution in [2.24, 2.45) is 0 Å². The summed E-state index contributed by atoms with van der Waals surface area (Å²) in [5.74, 6) is 0.483. The topological polar surface area (TPSA) is 92.9 Å². The third-order valence-corrected chi connectivity index (χ3v) is 5.97. The lowest BCUT2D eigenvalue weighted by molar-refractivity contribution is 0.262. The van der Waals surface area contributed by atoms with Gasteiger partial charge in [0.15, 0.2) is 0 Å². The van der Waals surface area contributed by atoms with Gasteiger partial charge in [0.2, 0.25) is 0 Å². The van der Waals surface area contributed by atoms with Gasteiger partial charge < -0.3 is 16.4 Å². The molecular formula is C22H20ClN5OS. The van der Waals surface area contributed by atoms with Crippen molar-refractivity contribution in [3.63, 3.8) is 0 Å². The smallest absolute Gasteiger partial charge is 0.323 e. The Labute approximate surface area is 183 Å². The van der Waals surface area contributed by atoms with Gasteiger partial charge in [0.25, 0.3) is 0 Å². The molecule has 0 spiro atoms. The fourth-order valence-electron chi connectivity index (χ4n) is 3.29. The molecule has 2 aromatic carbocycles. The maximum Gasteiger partial charge on any atom is 0.323 e. The van der Waals surface area contributed by atoms with E-state index in [4.69, 9.17) is 17.3 Å². The van der Waals surface area contributed by atoms with Crippen LogP contribution in [0.1, 0.15) is 18.2 Å². The number of benzene rings is 2. The van der Waals surface area contributed by atoms with Crippen molar-refractivity contribution in [2.45, 2.75) is 19.8 Å². The zero-order valence-corrected chi connectivity index (χ0v) is 17.8. The first-order valence-corrected chi connectivity index (χ1v) is 10.7. The van der Waals surface area contributed by atoms with E-state index < -0.39 is 0 Å². The molecule has 2 amide bonds. The molecule has 0 radical (unpaired) electrons.